The van der Waals surface area contributed by atoms with Gasteiger partial charge in [0.1, 0.15) is 0 Å². The highest BCUT2D eigenvalue weighted by molar-refractivity contribution is 9.09. The van der Waals surface area contributed by atoms with E-state index in [0.717, 1.165) is 24.0 Å². The molecular formula is C12H20BrN3O. The van der Waals surface area contributed by atoms with Crippen molar-refractivity contribution < 1.29 is 0 Å². The Balaban J connectivity index is 2.86. The molecule has 0 saturated heterocycles. The smallest absolute Gasteiger partial charge is 0.268 e. The van der Waals surface area contributed by atoms with Crippen LogP contribution >= 0.6 is 15.9 Å². The van der Waals surface area contributed by atoms with Crippen molar-refractivity contribution >= 4 is 21.6 Å². The molecule has 17 heavy (non-hydrogen) atoms. The highest BCUT2D eigenvalue weighted by Gasteiger charge is 2.08. The molecule has 0 aromatic carbocycles. The molecular weight excluding hydrogens is 282 g/mol. The van der Waals surface area contributed by atoms with E-state index in [9.17, 15) is 4.79 Å². The van der Waals surface area contributed by atoms with E-state index in [-0.39, 0.29) is 5.56 Å². The Morgan fingerprint density at radius 3 is 2.71 bits per heavy atom. The van der Waals surface area contributed by atoms with Crippen LogP contribution in [-0.2, 0) is 6.54 Å². The van der Waals surface area contributed by atoms with Crippen LogP contribution in [-0.4, -0.2) is 28.7 Å². The third-order valence-electron chi connectivity index (χ3n) is 3.00. The van der Waals surface area contributed by atoms with Gasteiger partial charge in [-0.05, 0) is 12.8 Å². The number of alkyl halides is 1. The monoisotopic (exact) mass is 301 g/mol. The first-order chi connectivity index (χ1) is 8.12. The zero-order valence-electron chi connectivity index (χ0n) is 10.7. The fourth-order valence-corrected chi connectivity index (χ4v) is 2.15. The average Bonchev–Trinajstić information content (AvgIpc) is 2.36. The average molecular weight is 302 g/mol. The van der Waals surface area contributed by atoms with Gasteiger partial charge in [-0.3, -0.25) is 4.79 Å². The summed E-state index contributed by atoms with van der Waals surface area (Å²) < 4.78 is 1.54. The van der Waals surface area contributed by atoms with Crippen molar-refractivity contribution in [1.82, 2.24) is 9.78 Å². The second-order valence-electron chi connectivity index (χ2n) is 4.18. The first kappa shape index (κ1) is 14.2. The van der Waals surface area contributed by atoms with E-state index in [4.69, 9.17) is 0 Å². The number of nitrogens with zero attached hydrogens (tertiary/aromatic N) is 3. The highest BCUT2D eigenvalue weighted by atomic mass is 79.9. The second kappa shape index (κ2) is 6.79. The molecule has 1 aromatic rings. The molecule has 0 N–H and O–H groups in total. The summed E-state index contributed by atoms with van der Waals surface area (Å²) in [6, 6.07) is 1.65. The molecule has 1 atom stereocenters. The summed E-state index contributed by atoms with van der Waals surface area (Å²) in [5.41, 5.74) is 0.850. The molecule has 1 aromatic heterocycles. The molecule has 0 bridgehead atoms. The Kier molecular flexibility index (Phi) is 5.68. The molecule has 0 aliphatic rings. The number of rotatable bonds is 6. The zero-order chi connectivity index (χ0) is 12.8. The van der Waals surface area contributed by atoms with Crippen molar-refractivity contribution in [3.05, 3.63) is 22.6 Å². The topological polar surface area (TPSA) is 38.1 Å². The van der Waals surface area contributed by atoms with Gasteiger partial charge in [0.25, 0.3) is 5.56 Å². The highest BCUT2D eigenvalue weighted by Crippen LogP contribution is 2.10. The minimum Gasteiger partial charge on any atom is -0.373 e. The minimum absolute atomic E-state index is 0.0257. The Labute approximate surface area is 111 Å². The van der Waals surface area contributed by atoms with E-state index in [1.165, 1.54) is 0 Å². The summed E-state index contributed by atoms with van der Waals surface area (Å²) in [6.07, 6.45) is 2.79. The van der Waals surface area contributed by atoms with E-state index in [2.05, 4.69) is 28.0 Å². The van der Waals surface area contributed by atoms with Crippen LogP contribution in [0.4, 0.5) is 5.69 Å². The van der Waals surface area contributed by atoms with Crippen molar-refractivity contribution in [2.75, 3.05) is 23.8 Å². The lowest BCUT2D eigenvalue weighted by Gasteiger charge is -2.17. The van der Waals surface area contributed by atoms with Crippen LogP contribution in [0.5, 0.6) is 0 Å². The molecule has 0 amide bonds. The largest absolute Gasteiger partial charge is 0.373 e. The summed E-state index contributed by atoms with van der Waals surface area (Å²) in [5.74, 6) is 0.454. The van der Waals surface area contributed by atoms with Gasteiger partial charge >= 0.3 is 0 Å². The Hall–Kier alpha value is -0.840. The van der Waals surface area contributed by atoms with Gasteiger partial charge in [0.15, 0.2) is 0 Å². The van der Waals surface area contributed by atoms with Gasteiger partial charge in [-0.25, -0.2) is 4.68 Å². The number of hydrogen-bond donors (Lipinski definition) is 0. The van der Waals surface area contributed by atoms with E-state index in [0.29, 0.717) is 12.5 Å². The van der Waals surface area contributed by atoms with Crippen LogP contribution in [0.2, 0.25) is 0 Å². The Morgan fingerprint density at radius 2 is 2.24 bits per heavy atom. The lowest BCUT2D eigenvalue weighted by Crippen LogP contribution is -2.28. The van der Waals surface area contributed by atoms with Crippen molar-refractivity contribution in [3.63, 3.8) is 0 Å². The van der Waals surface area contributed by atoms with Crippen LogP contribution in [0.25, 0.3) is 0 Å². The fourth-order valence-electron chi connectivity index (χ4n) is 1.48. The third-order valence-corrected chi connectivity index (χ3v) is 3.91. The molecule has 1 unspecified atom stereocenters. The van der Waals surface area contributed by atoms with Crippen LogP contribution in [0.15, 0.2) is 17.1 Å². The van der Waals surface area contributed by atoms with E-state index in [1.807, 2.05) is 18.9 Å². The van der Waals surface area contributed by atoms with Gasteiger partial charge in [-0.15, -0.1) is 0 Å². The molecule has 0 aliphatic carbocycles. The molecule has 5 heteroatoms. The lowest BCUT2D eigenvalue weighted by molar-refractivity contribution is 0.432. The summed E-state index contributed by atoms with van der Waals surface area (Å²) in [6.45, 7) is 5.71. The number of hydrogen-bond acceptors (Lipinski definition) is 3. The fraction of sp³-hybridized carbons (Fsp3) is 0.667. The Bertz CT molecular complexity index is 401. The maximum Gasteiger partial charge on any atom is 0.268 e. The molecule has 1 heterocycles. The summed E-state index contributed by atoms with van der Waals surface area (Å²) in [7, 11) is 1.95. The summed E-state index contributed by atoms with van der Waals surface area (Å²) >= 11 is 3.46. The minimum atomic E-state index is -0.0257. The van der Waals surface area contributed by atoms with E-state index < -0.39 is 0 Å². The normalized spacial score (nSPS) is 12.5. The van der Waals surface area contributed by atoms with Crippen LogP contribution < -0.4 is 10.5 Å². The molecule has 4 nitrogen and oxygen atoms in total. The molecule has 0 radical (unpaired) electrons. The van der Waals surface area contributed by atoms with Gasteiger partial charge in [0.05, 0.1) is 11.9 Å². The van der Waals surface area contributed by atoms with Crippen molar-refractivity contribution in [1.29, 1.82) is 0 Å². The van der Waals surface area contributed by atoms with Gasteiger partial charge in [-0.1, -0.05) is 29.3 Å². The first-order valence-electron chi connectivity index (χ1n) is 5.96. The van der Waals surface area contributed by atoms with Gasteiger partial charge < -0.3 is 4.90 Å². The molecule has 96 valence electrons. The van der Waals surface area contributed by atoms with Crippen LogP contribution in [0.3, 0.4) is 0 Å². The van der Waals surface area contributed by atoms with Gasteiger partial charge in [0.2, 0.25) is 0 Å². The van der Waals surface area contributed by atoms with Crippen LogP contribution in [0, 0.1) is 5.92 Å². The van der Waals surface area contributed by atoms with Gasteiger partial charge in [0, 0.05) is 31.5 Å². The lowest BCUT2D eigenvalue weighted by atomic mass is 10.1. The van der Waals surface area contributed by atoms with Crippen molar-refractivity contribution in [2.45, 2.75) is 26.8 Å². The van der Waals surface area contributed by atoms with Gasteiger partial charge in [-0.2, -0.15) is 5.10 Å². The van der Waals surface area contributed by atoms with Crippen molar-refractivity contribution in [3.8, 4) is 0 Å². The Morgan fingerprint density at radius 1 is 1.53 bits per heavy atom. The van der Waals surface area contributed by atoms with Crippen molar-refractivity contribution in [2.24, 2.45) is 5.92 Å². The zero-order valence-corrected chi connectivity index (χ0v) is 12.3. The molecule has 0 spiro atoms. The summed E-state index contributed by atoms with van der Waals surface area (Å²) in [4.78, 5) is 13.9. The van der Waals surface area contributed by atoms with E-state index in [1.54, 1.807) is 16.9 Å². The standard InChI is InChI=1S/C12H20BrN3O/c1-4-10(7-13)9-16-12(17)6-11(8-14-16)15(3)5-2/h6,8,10H,4-5,7,9H2,1-3H3. The van der Waals surface area contributed by atoms with E-state index >= 15 is 0 Å². The number of aromatic nitrogens is 2. The SMILES string of the molecule is CCC(CBr)Cn1ncc(N(C)CC)cc1=O. The predicted octanol–water partition coefficient (Wildman–Crippen LogP) is 2.12. The number of anilines is 1. The second-order valence-corrected chi connectivity index (χ2v) is 4.82. The first-order valence-corrected chi connectivity index (χ1v) is 7.08. The maximum atomic E-state index is 11.9. The van der Waals surface area contributed by atoms with Crippen LogP contribution in [0.1, 0.15) is 20.3 Å². The molecule has 0 fully saturated rings. The molecule has 0 saturated carbocycles. The third kappa shape index (κ3) is 3.84. The quantitative estimate of drug-likeness (QED) is 0.756. The number of halogens is 1. The predicted molar refractivity (Wildman–Crippen MR) is 75.0 cm³/mol. The molecule has 0 aliphatic heterocycles. The maximum absolute atomic E-state index is 11.9. The molecule has 1 rings (SSSR count). The summed E-state index contributed by atoms with van der Waals surface area (Å²) in [5, 5.41) is 5.12.